The SMILES string of the molecule is Cc1cc(N(C)C)ccc1NC(=O)NC(C(=O)N(C)C)c1ccccc1. The van der Waals surface area contributed by atoms with Gasteiger partial charge in [0.05, 0.1) is 0 Å². The van der Waals surface area contributed by atoms with Gasteiger partial charge in [0.1, 0.15) is 6.04 Å². The molecular weight excluding hydrogens is 328 g/mol. The van der Waals surface area contributed by atoms with Crippen LogP contribution in [0.15, 0.2) is 48.5 Å². The molecule has 0 saturated carbocycles. The molecule has 1 unspecified atom stereocenters. The number of nitrogens with zero attached hydrogens (tertiary/aromatic N) is 2. The van der Waals surface area contributed by atoms with E-state index in [0.717, 1.165) is 16.8 Å². The molecule has 0 bridgehead atoms. The molecule has 6 nitrogen and oxygen atoms in total. The van der Waals surface area contributed by atoms with Crippen molar-refractivity contribution in [2.24, 2.45) is 0 Å². The molecule has 138 valence electrons. The molecule has 3 amide bonds. The number of carbonyl (C=O) groups is 2. The Bertz CT molecular complexity index is 773. The topological polar surface area (TPSA) is 64.7 Å². The number of amides is 3. The van der Waals surface area contributed by atoms with Gasteiger partial charge in [0.15, 0.2) is 0 Å². The van der Waals surface area contributed by atoms with Crippen molar-refractivity contribution in [3.8, 4) is 0 Å². The van der Waals surface area contributed by atoms with Crippen LogP contribution in [0.1, 0.15) is 17.2 Å². The first-order valence-electron chi connectivity index (χ1n) is 8.41. The normalized spacial score (nSPS) is 11.4. The summed E-state index contributed by atoms with van der Waals surface area (Å²) in [5, 5.41) is 5.61. The number of rotatable bonds is 5. The second kappa shape index (κ2) is 8.38. The molecule has 0 radical (unpaired) electrons. The zero-order valence-corrected chi connectivity index (χ0v) is 15.9. The maximum Gasteiger partial charge on any atom is 0.320 e. The minimum absolute atomic E-state index is 0.189. The fourth-order valence-electron chi connectivity index (χ4n) is 2.55. The first-order valence-corrected chi connectivity index (χ1v) is 8.41. The van der Waals surface area contributed by atoms with Crippen LogP contribution in [-0.4, -0.2) is 45.0 Å². The molecule has 0 heterocycles. The molecule has 1 atom stereocenters. The van der Waals surface area contributed by atoms with Gasteiger partial charge in [0, 0.05) is 39.6 Å². The summed E-state index contributed by atoms with van der Waals surface area (Å²) in [6.45, 7) is 1.93. The third kappa shape index (κ3) is 4.75. The van der Waals surface area contributed by atoms with Gasteiger partial charge in [0.25, 0.3) is 0 Å². The maximum atomic E-state index is 12.5. The fraction of sp³-hybridized carbons (Fsp3) is 0.300. The lowest BCUT2D eigenvalue weighted by atomic mass is 10.1. The molecule has 2 aromatic carbocycles. The Kier molecular flexibility index (Phi) is 6.22. The van der Waals surface area contributed by atoms with Gasteiger partial charge < -0.3 is 20.4 Å². The van der Waals surface area contributed by atoms with Crippen LogP contribution in [0, 0.1) is 6.92 Å². The number of nitrogens with one attached hydrogen (secondary N) is 2. The molecular formula is C20H26N4O2. The van der Waals surface area contributed by atoms with Crippen LogP contribution in [0.2, 0.25) is 0 Å². The summed E-state index contributed by atoms with van der Waals surface area (Å²) in [7, 11) is 7.27. The number of aryl methyl sites for hydroxylation is 1. The van der Waals surface area contributed by atoms with Crippen molar-refractivity contribution in [1.29, 1.82) is 0 Å². The van der Waals surface area contributed by atoms with Crippen LogP contribution in [0.3, 0.4) is 0 Å². The van der Waals surface area contributed by atoms with Crippen LogP contribution >= 0.6 is 0 Å². The lowest BCUT2D eigenvalue weighted by Gasteiger charge is -2.22. The second-order valence-corrected chi connectivity index (χ2v) is 6.57. The van der Waals surface area contributed by atoms with Crippen molar-refractivity contribution in [3.63, 3.8) is 0 Å². The summed E-state index contributed by atoms with van der Waals surface area (Å²) in [5.74, 6) is -0.189. The van der Waals surface area contributed by atoms with E-state index in [2.05, 4.69) is 10.6 Å². The van der Waals surface area contributed by atoms with Gasteiger partial charge in [-0.3, -0.25) is 4.79 Å². The van der Waals surface area contributed by atoms with Crippen LogP contribution < -0.4 is 15.5 Å². The molecule has 0 aliphatic carbocycles. The Hall–Kier alpha value is -3.02. The van der Waals surface area contributed by atoms with Gasteiger partial charge in [-0.25, -0.2) is 4.79 Å². The standard InChI is InChI=1S/C20H26N4O2/c1-14-13-16(23(2)3)11-12-17(14)21-20(26)22-18(19(25)24(4)5)15-9-7-6-8-10-15/h6-13,18H,1-5H3,(H2,21,22,26). The summed E-state index contributed by atoms with van der Waals surface area (Å²) in [6.07, 6.45) is 0. The highest BCUT2D eigenvalue weighted by molar-refractivity contribution is 5.94. The lowest BCUT2D eigenvalue weighted by Crippen LogP contribution is -2.41. The van der Waals surface area contributed by atoms with Crippen molar-refractivity contribution < 1.29 is 9.59 Å². The fourth-order valence-corrected chi connectivity index (χ4v) is 2.55. The second-order valence-electron chi connectivity index (χ2n) is 6.57. The maximum absolute atomic E-state index is 12.5. The van der Waals surface area contributed by atoms with E-state index < -0.39 is 12.1 Å². The highest BCUT2D eigenvalue weighted by Crippen LogP contribution is 2.22. The van der Waals surface area contributed by atoms with Crippen molar-refractivity contribution in [3.05, 3.63) is 59.7 Å². The van der Waals surface area contributed by atoms with E-state index in [9.17, 15) is 9.59 Å². The Labute approximate surface area is 154 Å². The highest BCUT2D eigenvalue weighted by Gasteiger charge is 2.24. The van der Waals surface area contributed by atoms with Crippen molar-refractivity contribution >= 4 is 23.3 Å². The van der Waals surface area contributed by atoms with Crippen LogP contribution in [0.4, 0.5) is 16.2 Å². The van der Waals surface area contributed by atoms with Gasteiger partial charge in [-0.1, -0.05) is 30.3 Å². The molecule has 0 saturated heterocycles. The van der Waals surface area contributed by atoms with Crippen molar-refractivity contribution in [1.82, 2.24) is 10.2 Å². The van der Waals surface area contributed by atoms with Crippen LogP contribution in [0.25, 0.3) is 0 Å². The van der Waals surface area contributed by atoms with Gasteiger partial charge in [-0.05, 0) is 36.2 Å². The molecule has 2 aromatic rings. The van der Waals surface area contributed by atoms with Gasteiger partial charge in [-0.15, -0.1) is 0 Å². The first kappa shape index (κ1) is 19.3. The van der Waals surface area contributed by atoms with Gasteiger partial charge >= 0.3 is 6.03 Å². The minimum atomic E-state index is -0.743. The highest BCUT2D eigenvalue weighted by atomic mass is 16.2. The van der Waals surface area contributed by atoms with Gasteiger partial charge in [-0.2, -0.15) is 0 Å². The molecule has 0 aliphatic rings. The van der Waals surface area contributed by atoms with E-state index in [4.69, 9.17) is 0 Å². The largest absolute Gasteiger partial charge is 0.378 e. The van der Waals surface area contributed by atoms with E-state index in [0.29, 0.717) is 5.69 Å². The number of anilines is 2. The van der Waals surface area contributed by atoms with E-state index in [1.165, 1.54) is 4.90 Å². The Balaban J connectivity index is 2.16. The number of urea groups is 1. The van der Waals surface area contributed by atoms with Crippen molar-refractivity contribution in [2.45, 2.75) is 13.0 Å². The third-order valence-electron chi connectivity index (χ3n) is 4.07. The summed E-state index contributed by atoms with van der Waals surface area (Å²) >= 11 is 0. The molecule has 0 spiro atoms. The summed E-state index contributed by atoms with van der Waals surface area (Å²) in [6, 6.07) is 13.8. The average molecular weight is 354 g/mol. The Morgan fingerprint density at radius 1 is 0.962 bits per heavy atom. The molecule has 6 heteroatoms. The predicted molar refractivity (Wildman–Crippen MR) is 106 cm³/mol. The molecule has 2 rings (SSSR count). The number of benzene rings is 2. The summed E-state index contributed by atoms with van der Waals surface area (Å²) in [4.78, 5) is 28.5. The molecule has 2 N–H and O–H groups in total. The molecule has 0 fully saturated rings. The predicted octanol–water partition coefficient (Wildman–Crippen LogP) is 3.01. The van der Waals surface area contributed by atoms with E-state index in [1.54, 1.807) is 14.1 Å². The summed E-state index contributed by atoms with van der Waals surface area (Å²) < 4.78 is 0. The Morgan fingerprint density at radius 2 is 1.62 bits per heavy atom. The first-order chi connectivity index (χ1) is 12.3. The number of hydrogen-bond acceptors (Lipinski definition) is 3. The average Bonchev–Trinajstić information content (AvgIpc) is 2.61. The zero-order valence-electron chi connectivity index (χ0n) is 15.9. The summed E-state index contributed by atoms with van der Waals surface area (Å²) in [5.41, 5.74) is 3.44. The molecule has 26 heavy (non-hydrogen) atoms. The number of carbonyl (C=O) groups excluding carboxylic acids is 2. The quantitative estimate of drug-likeness (QED) is 0.867. The number of likely N-dealkylation sites (N-methyl/N-ethyl adjacent to an activating group) is 1. The van der Waals surface area contributed by atoms with E-state index >= 15 is 0 Å². The molecule has 0 aromatic heterocycles. The minimum Gasteiger partial charge on any atom is -0.378 e. The zero-order chi connectivity index (χ0) is 19.3. The smallest absolute Gasteiger partial charge is 0.320 e. The van der Waals surface area contributed by atoms with Crippen molar-refractivity contribution in [2.75, 3.05) is 38.4 Å². The van der Waals surface area contributed by atoms with E-state index in [-0.39, 0.29) is 5.91 Å². The van der Waals surface area contributed by atoms with Crippen LogP contribution in [-0.2, 0) is 4.79 Å². The van der Waals surface area contributed by atoms with Crippen LogP contribution in [0.5, 0.6) is 0 Å². The monoisotopic (exact) mass is 354 g/mol. The number of hydrogen-bond donors (Lipinski definition) is 2. The van der Waals surface area contributed by atoms with E-state index in [1.807, 2.05) is 74.4 Å². The van der Waals surface area contributed by atoms with Gasteiger partial charge in [0.2, 0.25) is 5.91 Å². The molecule has 0 aliphatic heterocycles. The Morgan fingerprint density at radius 3 is 2.15 bits per heavy atom. The lowest BCUT2D eigenvalue weighted by molar-refractivity contribution is -0.130. The third-order valence-corrected chi connectivity index (χ3v) is 4.07.